The van der Waals surface area contributed by atoms with Gasteiger partial charge in [-0.15, -0.1) is 0 Å². The van der Waals surface area contributed by atoms with Gasteiger partial charge in [-0.3, -0.25) is 9.59 Å². The van der Waals surface area contributed by atoms with Gasteiger partial charge < -0.3 is 10.1 Å². The fourth-order valence-corrected chi connectivity index (χ4v) is 1.90. The molecule has 4 heteroatoms. The van der Waals surface area contributed by atoms with Crippen LogP contribution in [-0.4, -0.2) is 23.8 Å². The zero-order valence-corrected chi connectivity index (χ0v) is 12.6. The van der Waals surface area contributed by atoms with Crippen LogP contribution in [0.1, 0.15) is 33.3 Å². The van der Waals surface area contributed by atoms with Crippen LogP contribution >= 0.6 is 0 Å². The summed E-state index contributed by atoms with van der Waals surface area (Å²) < 4.78 is 5.73. The summed E-state index contributed by atoms with van der Waals surface area (Å²) in [6.07, 6.45) is -0.367. The fourth-order valence-electron chi connectivity index (χ4n) is 1.90. The first-order chi connectivity index (χ1) is 9.41. The Kier molecular flexibility index (Phi) is 6.39. The number of nitrogens with one attached hydrogen (secondary N) is 1. The highest BCUT2D eigenvalue weighted by molar-refractivity contribution is 5.90. The number of benzene rings is 1. The molecule has 0 aromatic heterocycles. The van der Waals surface area contributed by atoms with Crippen molar-refractivity contribution in [1.29, 1.82) is 0 Å². The summed E-state index contributed by atoms with van der Waals surface area (Å²) in [5.74, 6) is -0.380. The minimum absolute atomic E-state index is 0.0132. The van der Waals surface area contributed by atoms with Gasteiger partial charge in [-0.25, -0.2) is 0 Å². The molecule has 110 valence electrons. The molecular weight excluding hydrogens is 254 g/mol. The second-order valence-electron chi connectivity index (χ2n) is 5.24. The highest BCUT2D eigenvalue weighted by atomic mass is 16.5. The molecule has 0 aliphatic rings. The quantitative estimate of drug-likeness (QED) is 0.832. The molecule has 0 unspecified atom stereocenters. The summed E-state index contributed by atoms with van der Waals surface area (Å²) in [5, 5.41) is 2.68. The predicted octanol–water partition coefficient (Wildman–Crippen LogP) is 2.32. The maximum absolute atomic E-state index is 12.1. The van der Waals surface area contributed by atoms with Crippen molar-refractivity contribution >= 4 is 11.7 Å². The van der Waals surface area contributed by atoms with Crippen LogP contribution in [0.15, 0.2) is 30.3 Å². The van der Waals surface area contributed by atoms with Gasteiger partial charge in [-0.05, 0) is 12.5 Å². The van der Waals surface area contributed by atoms with Crippen LogP contribution in [0.5, 0.6) is 0 Å². The smallest absolute Gasteiger partial charge is 0.217 e. The molecule has 0 aliphatic carbocycles. The summed E-state index contributed by atoms with van der Waals surface area (Å²) in [6, 6.07) is 9.14. The summed E-state index contributed by atoms with van der Waals surface area (Å²) in [4.78, 5) is 23.4. The first-order valence-corrected chi connectivity index (χ1v) is 6.88. The molecule has 20 heavy (non-hydrogen) atoms. The normalized spacial score (nSPS) is 13.8. The Morgan fingerprint density at radius 1 is 1.15 bits per heavy atom. The molecule has 0 saturated carbocycles. The Morgan fingerprint density at radius 3 is 2.25 bits per heavy atom. The van der Waals surface area contributed by atoms with E-state index in [0.29, 0.717) is 6.61 Å². The van der Waals surface area contributed by atoms with E-state index >= 15 is 0 Å². The molecule has 1 aromatic rings. The lowest BCUT2D eigenvalue weighted by Crippen LogP contribution is -2.49. The number of ketones is 1. The van der Waals surface area contributed by atoms with Crippen LogP contribution in [0.2, 0.25) is 0 Å². The van der Waals surface area contributed by atoms with Crippen molar-refractivity contribution in [3.05, 3.63) is 35.9 Å². The third kappa shape index (κ3) is 5.13. The van der Waals surface area contributed by atoms with E-state index in [-0.39, 0.29) is 23.7 Å². The second kappa shape index (κ2) is 7.80. The molecule has 1 N–H and O–H groups in total. The van der Waals surface area contributed by atoms with Crippen molar-refractivity contribution in [2.75, 3.05) is 0 Å². The molecule has 0 heterocycles. The van der Waals surface area contributed by atoms with Crippen molar-refractivity contribution < 1.29 is 14.3 Å². The van der Waals surface area contributed by atoms with E-state index in [1.54, 1.807) is 0 Å². The van der Waals surface area contributed by atoms with Crippen molar-refractivity contribution in [3.63, 3.8) is 0 Å². The van der Waals surface area contributed by atoms with Gasteiger partial charge in [0.15, 0.2) is 5.78 Å². The van der Waals surface area contributed by atoms with E-state index in [2.05, 4.69) is 5.32 Å². The molecule has 2 atom stereocenters. The number of carbonyl (C=O) groups excluding carboxylic acids is 2. The Hall–Kier alpha value is -1.68. The van der Waals surface area contributed by atoms with Crippen LogP contribution in [0.3, 0.4) is 0 Å². The number of hydrogen-bond donors (Lipinski definition) is 1. The van der Waals surface area contributed by atoms with Gasteiger partial charge in [-0.2, -0.15) is 0 Å². The molecule has 0 saturated heterocycles. The van der Waals surface area contributed by atoms with Crippen molar-refractivity contribution in [1.82, 2.24) is 5.32 Å². The minimum Gasteiger partial charge on any atom is -0.371 e. The predicted molar refractivity (Wildman–Crippen MR) is 78.1 cm³/mol. The maximum Gasteiger partial charge on any atom is 0.217 e. The largest absolute Gasteiger partial charge is 0.371 e. The van der Waals surface area contributed by atoms with Crippen LogP contribution in [0.4, 0.5) is 0 Å². The standard InChI is InChI=1S/C16H23NO3/c1-11(2)16(19)15(17-13(4)18)12(3)20-10-14-8-6-5-7-9-14/h5-9,11-12,15H,10H2,1-4H3,(H,17,18)/t12-,15+/m1/s1. The van der Waals surface area contributed by atoms with E-state index in [1.165, 1.54) is 6.92 Å². The molecule has 0 radical (unpaired) electrons. The van der Waals surface area contributed by atoms with Crippen molar-refractivity contribution in [2.24, 2.45) is 5.92 Å². The first kappa shape index (κ1) is 16.4. The van der Waals surface area contributed by atoms with E-state index in [0.717, 1.165) is 5.56 Å². The van der Waals surface area contributed by atoms with Gasteiger partial charge in [0.1, 0.15) is 6.04 Å². The van der Waals surface area contributed by atoms with E-state index in [4.69, 9.17) is 4.74 Å². The minimum atomic E-state index is -0.601. The lowest BCUT2D eigenvalue weighted by molar-refractivity contribution is -0.132. The van der Waals surface area contributed by atoms with E-state index in [9.17, 15) is 9.59 Å². The number of carbonyl (C=O) groups is 2. The highest BCUT2D eigenvalue weighted by Gasteiger charge is 2.28. The van der Waals surface area contributed by atoms with Gasteiger partial charge >= 0.3 is 0 Å². The number of amides is 1. The lowest BCUT2D eigenvalue weighted by atomic mass is 9.98. The number of Topliss-reactive ketones (excluding diaryl/α,β-unsaturated/α-hetero) is 1. The summed E-state index contributed by atoms with van der Waals surface area (Å²) >= 11 is 0. The van der Waals surface area contributed by atoms with Gasteiger partial charge in [-0.1, -0.05) is 44.2 Å². The third-order valence-corrected chi connectivity index (χ3v) is 3.06. The molecule has 0 fully saturated rings. The summed E-state index contributed by atoms with van der Waals surface area (Å²) in [5.41, 5.74) is 1.04. The third-order valence-electron chi connectivity index (χ3n) is 3.06. The zero-order valence-electron chi connectivity index (χ0n) is 12.6. The molecule has 4 nitrogen and oxygen atoms in total. The van der Waals surface area contributed by atoms with Gasteiger partial charge in [0, 0.05) is 12.8 Å². The van der Waals surface area contributed by atoms with Gasteiger partial charge in [0.25, 0.3) is 0 Å². The van der Waals surface area contributed by atoms with E-state index in [1.807, 2.05) is 51.1 Å². The second-order valence-corrected chi connectivity index (χ2v) is 5.24. The van der Waals surface area contributed by atoms with Gasteiger partial charge in [0.05, 0.1) is 12.7 Å². The molecule has 1 aromatic carbocycles. The monoisotopic (exact) mass is 277 g/mol. The fraction of sp³-hybridized carbons (Fsp3) is 0.500. The highest BCUT2D eigenvalue weighted by Crippen LogP contribution is 2.10. The molecule has 0 aliphatic heterocycles. The first-order valence-electron chi connectivity index (χ1n) is 6.88. The van der Waals surface area contributed by atoms with Crippen LogP contribution in [-0.2, 0) is 20.9 Å². The summed E-state index contributed by atoms with van der Waals surface area (Å²) in [7, 11) is 0. The average molecular weight is 277 g/mol. The topological polar surface area (TPSA) is 55.4 Å². The Balaban J connectivity index is 2.65. The number of hydrogen-bond acceptors (Lipinski definition) is 3. The average Bonchev–Trinajstić information content (AvgIpc) is 2.42. The number of ether oxygens (including phenoxy) is 1. The van der Waals surface area contributed by atoms with E-state index < -0.39 is 6.04 Å². The van der Waals surface area contributed by atoms with Crippen LogP contribution < -0.4 is 5.32 Å². The summed E-state index contributed by atoms with van der Waals surface area (Å²) in [6.45, 7) is 7.28. The Bertz CT molecular complexity index is 442. The Morgan fingerprint density at radius 2 is 1.75 bits per heavy atom. The van der Waals surface area contributed by atoms with Gasteiger partial charge in [0.2, 0.25) is 5.91 Å². The van der Waals surface area contributed by atoms with Crippen LogP contribution in [0, 0.1) is 5.92 Å². The molecular formula is C16H23NO3. The maximum atomic E-state index is 12.1. The zero-order chi connectivity index (χ0) is 15.1. The molecule has 1 rings (SSSR count). The van der Waals surface area contributed by atoms with Crippen molar-refractivity contribution in [2.45, 2.75) is 46.4 Å². The molecule has 0 bridgehead atoms. The number of rotatable bonds is 7. The van der Waals surface area contributed by atoms with Crippen LogP contribution in [0.25, 0.3) is 0 Å². The molecule has 0 spiro atoms. The lowest BCUT2D eigenvalue weighted by Gasteiger charge is -2.25. The Labute approximate surface area is 120 Å². The van der Waals surface area contributed by atoms with Crippen molar-refractivity contribution in [3.8, 4) is 0 Å². The molecule has 1 amide bonds. The SMILES string of the molecule is CC(=O)N[C@H](C(=O)C(C)C)[C@@H](C)OCc1ccccc1.